The molecule has 25 heavy (non-hydrogen) atoms. The van der Waals surface area contributed by atoms with E-state index >= 15 is 0 Å². The zero-order chi connectivity index (χ0) is 17.9. The summed E-state index contributed by atoms with van der Waals surface area (Å²) in [6, 6.07) is 7.77. The number of esters is 2. The SMILES string of the molecule is COC(=O)C1(C(=O)OC)Cc2ccccc2[C@@]23C[C@@](C)(CC[C@@H]12)OO3. The Morgan fingerprint density at radius 3 is 2.48 bits per heavy atom. The molecule has 2 fully saturated rings. The minimum atomic E-state index is -1.42. The van der Waals surface area contributed by atoms with Gasteiger partial charge in [0.1, 0.15) is 11.2 Å². The molecule has 0 radical (unpaired) electrons. The Balaban J connectivity index is 1.98. The molecule has 1 saturated heterocycles. The van der Waals surface area contributed by atoms with Crippen molar-refractivity contribution < 1.29 is 28.8 Å². The standard InChI is InChI=1S/C19H22O6/c1-17-9-8-14-18(15(20)22-2,16(21)23-3)10-12-6-4-5-7-13(12)19(14,11-17)25-24-17/h4-7,14H,8-11H2,1-3H3/t14-,17+,19-/m0/s1. The molecule has 1 aromatic rings. The molecule has 0 N–H and O–H groups in total. The Morgan fingerprint density at radius 1 is 1.12 bits per heavy atom. The molecule has 1 aromatic carbocycles. The highest BCUT2D eigenvalue weighted by molar-refractivity contribution is 6.01. The van der Waals surface area contributed by atoms with E-state index < -0.39 is 34.5 Å². The van der Waals surface area contributed by atoms with Gasteiger partial charge in [-0.25, -0.2) is 9.78 Å². The number of ether oxygens (including phenoxy) is 2. The van der Waals surface area contributed by atoms with E-state index in [1.807, 2.05) is 31.2 Å². The van der Waals surface area contributed by atoms with Gasteiger partial charge in [-0.15, -0.1) is 0 Å². The molecule has 6 heteroatoms. The molecular formula is C19H22O6. The van der Waals surface area contributed by atoms with Crippen molar-refractivity contribution in [3.63, 3.8) is 0 Å². The van der Waals surface area contributed by atoms with Crippen LogP contribution in [0.5, 0.6) is 0 Å². The van der Waals surface area contributed by atoms with Crippen LogP contribution < -0.4 is 0 Å². The Morgan fingerprint density at radius 2 is 1.80 bits per heavy atom. The van der Waals surface area contributed by atoms with Crippen LogP contribution in [0.4, 0.5) is 0 Å². The third-order valence-electron chi connectivity index (χ3n) is 6.19. The van der Waals surface area contributed by atoms with Gasteiger partial charge < -0.3 is 9.47 Å². The highest BCUT2D eigenvalue weighted by Crippen LogP contribution is 2.64. The van der Waals surface area contributed by atoms with E-state index in [-0.39, 0.29) is 6.42 Å². The number of rotatable bonds is 2. The maximum Gasteiger partial charge on any atom is 0.323 e. The summed E-state index contributed by atoms with van der Waals surface area (Å²) in [6.07, 6.45) is 2.17. The third-order valence-corrected chi connectivity index (χ3v) is 6.19. The van der Waals surface area contributed by atoms with Gasteiger partial charge in [0.05, 0.1) is 14.2 Å². The number of fused-ring (bicyclic) bond motifs is 2. The second kappa shape index (κ2) is 5.29. The van der Waals surface area contributed by atoms with Crippen molar-refractivity contribution in [1.82, 2.24) is 0 Å². The van der Waals surface area contributed by atoms with Gasteiger partial charge in [-0.2, -0.15) is 0 Å². The summed E-state index contributed by atoms with van der Waals surface area (Å²) < 4.78 is 10.1. The van der Waals surface area contributed by atoms with Gasteiger partial charge >= 0.3 is 11.9 Å². The molecule has 2 aliphatic carbocycles. The summed E-state index contributed by atoms with van der Waals surface area (Å²) in [7, 11) is 2.61. The molecule has 6 nitrogen and oxygen atoms in total. The van der Waals surface area contributed by atoms with Crippen molar-refractivity contribution in [3.05, 3.63) is 35.4 Å². The average Bonchev–Trinajstić information content (AvgIpc) is 2.90. The Hall–Kier alpha value is -1.92. The molecule has 0 aromatic heterocycles. The lowest BCUT2D eigenvalue weighted by atomic mass is 9.51. The lowest BCUT2D eigenvalue weighted by Crippen LogP contribution is -2.60. The van der Waals surface area contributed by atoms with Crippen LogP contribution in [0.15, 0.2) is 24.3 Å². The highest BCUT2D eigenvalue weighted by Gasteiger charge is 2.71. The number of carbonyl (C=O) groups is 2. The van der Waals surface area contributed by atoms with Crippen LogP contribution in [0.2, 0.25) is 0 Å². The number of carbonyl (C=O) groups excluding carboxylic acids is 2. The molecule has 1 spiro atoms. The van der Waals surface area contributed by atoms with E-state index in [4.69, 9.17) is 19.2 Å². The van der Waals surface area contributed by atoms with E-state index in [1.165, 1.54) is 14.2 Å². The van der Waals surface area contributed by atoms with Gasteiger partial charge in [0.2, 0.25) is 0 Å². The lowest BCUT2D eigenvalue weighted by molar-refractivity contribution is -0.356. The minimum Gasteiger partial charge on any atom is -0.468 e. The molecule has 0 amide bonds. The number of benzene rings is 1. The third kappa shape index (κ3) is 1.98. The fraction of sp³-hybridized carbons (Fsp3) is 0.579. The van der Waals surface area contributed by atoms with Crippen LogP contribution in [0, 0.1) is 11.3 Å². The van der Waals surface area contributed by atoms with Crippen LogP contribution in [-0.2, 0) is 40.9 Å². The fourth-order valence-corrected chi connectivity index (χ4v) is 5.14. The Labute approximate surface area is 146 Å². The van der Waals surface area contributed by atoms with Gasteiger partial charge in [-0.3, -0.25) is 9.59 Å². The fourth-order valence-electron chi connectivity index (χ4n) is 5.14. The van der Waals surface area contributed by atoms with Crippen molar-refractivity contribution in [3.8, 4) is 0 Å². The quantitative estimate of drug-likeness (QED) is 0.465. The monoisotopic (exact) mass is 346 g/mol. The maximum atomic E-state index is 12.9. The molecule has 0 unspecified atom stereocenters. The molecule has 2 bridgehead atoms. The number of methoxy groups -OCH3 is 2. The molecule has 1 saturated carbocycles. The highest BCUT2D eigenvalue weighted by atomic mass is 17.2. The Kier molecular flexibility index (Phi) is 3.50. The molecule has 1 aliphatic heterocycles. The van der Waals surface area contributed by atoms with Crippen molar-refractivity contribution >= 4 is 11.9 Å². The lowest BCUT2D eigenvalue weighted by Gasteiger charge is -2.51. The zero-order valence-corrected chi connectivity index (χ0v) is 14.7. The predicted octanol–water partition coefficient (Wildman–Crippen LogP) is 2.29. The first-order valence-corrected chi connectivity index (χ1v) is 8.54. The van der Waals surface area contributed by atoms with Crippen LogP contribution in [0.25, 0.3) is 0 Å². The molecule has 3 aliphatic rings. The second-order valence-electron chi connectivity index (χ2n) is 7.56. The summed E-state index contributed by atoms with van der Waals surface area (Å²) in [5, 5.41) is 0. The summed E-state index contributed by atoms with van der Waals surface area (Å²) in [5.74, 6) is -1.54. The van der Waals surface area contributed by atoms with Crippen molar-refractivity contribution in [1.29, 1.82) is 0 Å². The second-order valence-corrected chi connectivity index (χ2v) is 7.56. The maximum absolute atomic E-state index is 12.9. The van der Waals surface area contributed by atoms with Gasteiger partial charge in [0.25, 0.3) is 0 Å². The number of hydrogen-bond acceptors (Lipinski definition) is 6. The summed E-state index contributed by atoms with van der Waals surface area (Å²) in [4.78, 5) is 37.4. The molecule has 1 heterocycles. The summed E-state index contributed by atoms with van der Waals surface area (Å²) >= 11 is 0. The van der Waals surface area contributed by atoms with Crippen molar-refractivity contribution in [2.24, 2.45) is 11.3 Å². The number of hydrogen-bond donors (Lipinski definition) is 0. The van der Waals surface area contributed by atoms with E-state index in [2.05, 4.69) is 0 Å². The first kappa shape index (κ1) is 16.5. The topological polar surface area (TPSA) is 71.1 Å². The largest absolute Gasteiger partial charge is 0.468 e. The van der Waals surface area contributed by atoms with E-state index in [1.54, 1.807) is 0 Å². The van der Waals surface area contributed by atoms with Gasteiger partial charge in [-0.05, 0) is 37.3 Å². The van der Waals surface area contributed by atoms with Gasteiger partial charge in [0.15, 0.2) is 5.41 Å². The van der Waals surface area contributed by atoms with Crippen LogP contribution >= 0.6 is 0 Å². The van der Waals surface area contributed by atoms with Crippen molar-refractivity contribution in [2.75, 3.05) is 14.2 Å². The average molecular weight is 346 g/mol. The van der Waals surface area contributed by atoms with E-state index in [9.17, 15) is 9.59 Å². The summed E-state index contributed by atoms with van der Waals surface area (Å²) in [6.45, 7) is 2.01. The molecule has 3 atom stereocenters. The first-order valence-electron chi connectivity index (χ1n) is 8.54. The zero-order valence-electron chi connectivity index (χ0n) is 14.7. The Bertz CT molecular complexity index is 727. The predicted molar refractivity (Wildman–Crippen MR) is 86.2 cm³/mol. The van der Waals surface area contributed by atoms with Crippen LogP contribution in [-0.4, -0.2) is 31.8 Å². The molecule has 134 valence electrons. The normalized spacial score (nSPS) is 34.6. The smallest absolute Gasteiger partial charge is 0.323 e. The van der Waals surface area contributed by atoms with E-state index in [0.29, 0.717) is 19.3 Å². The van der Waals surface area contributed by atoms with E-state index in [0.717, 1.165) is 11.1 Å². The van der Waals surface area contributed by atoms with Crippen LogP contribution in [0.1, 0.15) is 37.3 Å². The van der Waals surface area contributed by atoms with Gasteiger partial charge in [0, 0.05) is 12.3 Å². The molecule has 4 rings (SSSR count). The molecular weight excluding hydrogens is 324 g/mol. The minimum absolute atomic E-state index is 0.245. The first-order chi connectivity index (χ1) is 11.9. The van der Waals surface area contributed by atoms with Gasteiger partial charge in [-0.1, -0.05) is 24.3 Å². The summed E-state index contributed by atoms with van der Waals surface area (Å²) in [5.41, 5.74) is -0.799. The van der Waals surface area contributed by atoms with Crippen LogP contribution in [0.3, 0.4) is 0 Å². The van der Waals surface area contributed by atoms with Crippen molar-refractivity contribution in [2.45, 2.75) is 43.8 Å².